The van der Waals surface area contributed by atoms with E-state index in [1.165, 1.54) is 11.1 Å². The van der Waals surface area contributed by atoms with Crippen molar-refractivity contribution >= 4 is 5.91 Å². The van der Waals surface area contributed by atoms with Crippen LogP contribution in [0.3, 0.4) is 0 Å². The minimum atomic E-state index is -0.0380. The number of carbonyl (C=O) groups excluding carboxylic acids is 1. The van der Waals surface area contributed by atoms with Crippen molar-refractivity contribution in [3.8, 4) is 0 Å². The fourth-order valence-electron chi connectivity index (χ4n) is 2.90. The predicted octanol–water partition coefficient (Wildman–Crippen LogP) is 1.68. The SMILES string of the molecule is CN1Cc2ccccc2CC1C(=O)NCCCCCCN. The third kappa shape index (κ3) is 4.55. The molecular weight excluding hydrogens is 262 g/mol. The fraction of sp³-hybridized carbons (Fsp3) is 0.588. The van der Waals surface area contributed by atoms with Gasteiger partial charge >= 0.3 is 0 Å². The summed E-state index contributed by atoms with van der Waals surface area (Å²) in [7, 11) is 2.03. The van der Waals surface area contributed by atoms with Crippen LogP contribution in [0.25, 0.3) is 0 Å². The highest BCUT2D eigenvalue weighted by Gasteiger charge is 2.28. The van der Waals surface area contributed by atoms with E-state index in [0.717, 1.165) is 51.7 Å². The van der Waals surface area contributed by atoms with E-state index in [0.29, 0.717) is 0 Å². The monoisotopic (exact) mass is 289 g/mol. The van der Waals surface area contributed by atoms with Crippen molar-refractivity contribution < 1.29 is 4.79 Å². The van der Waals surface area contributed by atoms with E-state index < -0.39 is 0 Å². The maximum atomic E-state index is 12.3. The molecular formula is C17H27N3O. The third-order valence-electron chi connectivity index (χ3n) is 4.22. The third-order valence-corrected chi connectivity index (χ3v) is 4.22. The summed E-state index contributed by atoms with van der Waals surface area (Å²) in [6.07, 6.45) is 5.23. The standard InChI is InChI=1S/C17H27N3O/c1-20-13-15-9-5-4-8-14(15)12-16(20)17(21)19-11-7-3-2-6-10-18/h4-5,8-9,16H,2-3,6-7,10-13,18H2,1H3,(H,19,21). The summed E-state index contributed by atoms with van der Waals surface area (Å²) in [6.45, 7) is 2.39. The first-order valence-corrected chi connectivity index (χ1v) is 7.97. The van der Waals surface area contributed by atoms with Gasteiger partial charge in [0.25, 0.3) is 0 Å². The van der Waals surface area contributed by atoms with Gasteiger partial charge in [-0.3, -0.25) is 9.69 Å². The minimum absolute atomic E-state index is 0.0380. The molecule has 0 aromatic heterocycles. The predicted molar refractivity (Wildman–Crippen MR) is 85.9 cm³/mol. The Morgan fingerprint density at radius 1 is 1.24 bits per heavy atom. The van der Waals surface area contributed by atoms with E-state index in [1.54, 1.807) is 0 Å². The molecule has 3 N–H and O–H groups in total. The van der Waals surface area contributed by atoms with Gasteiger partial charge in [0, 0.05) is 13.1 Å². The molecule has 1 aliphatic heterocycles. The van der Waals surface area contributed by atoms with Crippen molar-refractivity contribution in [2.45, 2.75) is 44.7 Å². The van der Waals surface area contributed by atoms with Crippen LogP contribution in [0.15, 0.2) is 24.3 Å². The molecule has 1 amide bonds. The topological polar surface area (TPSA) is 58.4 Å². The number of amides is 1. The van der Waals surface area contributed by atoms with Gasteiger partial charge in [0.1, 0.15) is 0 Å². The number of carbonyl (C=O) groups is 1. The minimum Gasteiger partial charge on any atom is -0.355 e. The van der Waals surface area contributed by atoms with Crippen LogP contribution in [-0.2, 0) is 17.8 Å². The van der Waals surface area contributed by atoms with Gasteiger partial charge in [-0.2, -0.15) is 0 Å². The number of nitrogens with zero attached hydrogens (tertiary/aromatic N) is 1. The number of hydrogen-bond donors (Lipinski definition) is 2. The highest BCUT2D eigenvalue weighted by Crippen LogP contribution is 2.21. The molecule has 2 rings (SSSR count). The molecule has 1 aromatic rings. The molecule has 0 aliphatic carbocycles. The van der Waals surface area contributed by atoms with Crippen molar-refractivity contribution in [3.05, 3.63) is 35.4 Å². The van der Waals surface area contributed by atoms with Gasteiger partial charge in [0.15, 0.2) is 0 Å². The van der Waals surface area contributed by atoms with Crippen molar-refractivity contribution in [1.29, 1.82) is 0 Å². The molecule has 0 radical (unpaired) electrons. The summed E-state index contributed by atoms with van der Waals surface area (Å²) >= 11 is 0. The summed E-state index contributed by atoms with van der Waals surface area (Å²) in [6, 6.07) is 8.36. The van der Waals surface area contributed by atoms with Crippen LogP contribution in [0.1, 0.15) is 36.8 Å². The lowest BCUT2D eigenvalue weighted by atomic mass is 9.94. The number of benzene rings is 1. The number of unbranched alkanes of at least 4 members (excludes halogenated alkanes) is 3. The second kappa shape index (κ2) is 8.15. The lowest BCUT2D eigenvalue weighted by Crippen LogP contribution is -2.48. The Kier molecular flexibility index (Phi) is 6.21. The quantitative estimate of drug-likeness (QED) is 0.751. The molecule has 21 heavy (non-hydrogen) atoms. The van der Waals surface area contributed by atoms with Crippen molar-refractivity contribution in [3.63, 3.8) is 0 Å². The zero-order valence-corrected chi connectivity index (χ0v) is 13.0. The summed E-state index contributed by atoms with van der Waals surface area (Å²) in [5.74, 6) is 0.158. The molecule has 1 atom stereocenters. The van der Waals surface area contributed by atoms with E-state index in [-0.39, 0.29) is 11.9 Å². The van der Waals surface area contributed by atoms with E-state index in [9.17, 15) is 4.79 Å². The molecule has 1 heterocycles. The van der Waals surface area contributed by atoms with Gasteiger partial charge in [-0.05, 0) is 44.0 Å². The number of likely N-dealkylation sites (N-methyl/N-ethyl adjacent to an activating group) is 1. The Labute approximate surface area is 127 Å². The average Bonchev–Trinajstić information content (AvgIpc) is 2.49. The summed E-state index contributed by atoms with van der Waals surface area (Å²) in [5.41, 5.74) is 8.11. The first-order valence-electron chi connectivity index (χ1n) is 7.97. The highest BCUT2D eigenvalue weighted by atomic mass is 16.2. The van der Waals surface area contributed by atoms with Crippen LogP contribution >= 0.6 is 0 Å². The van der Waals surface area contributed by atoms with Gasteiger partial charge in [-0.15, -0.1) is 0 Å². The second-order valence-corrected chi connectivity index (χ2v) is 5.90. The molecule has 1 aliphatic rings. The van der Waals surface area contributed by atoms with Gasteiger partial charge < -0.3 is 11.1 Å². The van der Waals surface area contributed by atoms with Gasteiger partial charge in [-0.1, -0.05) is 37.1 Å². The lowest BCUT2D eigenvalue weighted by molar-refractivity contribution is -0.126. The van der Waals surface area contributed by atoms with Crippen LogP contribution in [0.2, 0.25) is 0 Å². The number of rotatable bonds is 7. The van der Waals surface area contributed by atoms with Crippen LogP contribution in [0.4, 0.5) is 0 Å². The van der Waals surface area contributed by atoms with Gasteiger partial charge in [0.05, 0.1) is 6.04 Å². The van der Waals surface area contributed by atoms with Crippen molar-refractivity contribution in [2.75, 3.05) is 20.1 Å². The second-order valence-electron chi connectivity index (χ2n) is 5.90. The molecule has 0 bridgehead atoms. The van der Waals surface area contributed by atoms with Crippen molar-refractivity contribution in [2.24, 2.45) is 5.73 Å². The molecule has 0 spiro atoms. The summed E-state index contributed by atoms with van der Waals surface area (Å²) in [5, 5.41) is 3.08. The Balaban J connectivity index is 1.78. The van der Waals surface area contributed by atoms with Gasteiger partial charge in [0.2, 0.25) is 5.91 Å². The zero-order chi connectivity index (χ0) is 15.1. The van der Waals surface area contributed by atoms with Gasteiger partial charge in [-0.25, -0.2) is 0 Å². The summed E-state index contributed by atoms with van der Waals surface area (Å²) in [4.78, 5) is 14.5. The molecule has 0 saturated heterocycles. The Hall–Kier alpha value is -1.39. The molecule has 4 heteroatoms. The maximum Gasteiger partial charge on any atom is 0.237 e. The Morgan fingerprint density at radius 3 is 2.71 bits per heavy atom. The molecule has 1 unspecified atom stereocenters. The van der Waals surface area contributed by atoms with Crippen LogP contribution < -0.4 is 11.1 Å². The number of nitrogens with two attached hydrogens (primary N) is 1. The average molecular weight is 289 g/mol. The number of hydrogen-bond acceptors (Lipinski definition) is 3. The van der Waals surface area contributed by atoms with Crippen LogP contribution in [0.5, 0.6) is 0 Å². The Bertz CT molecular complexity index is 461. The first kappa shape index (κ1) is 16.0. The molecule has 1 aromatic carbocycles. The zero-order valence-electron chi connectivity index (χ0n) is 13.0. The Morgan fingerprint density at radius 2 is 1.95 bits per heavy atom. The highest BCUT2D eigenvalue weighted by molar-refractivity contribution is 5.82. The molecule has 0 saturated carbocycles. The number of fused-ring (bicyclic) bond motifs is 1. The maximum absolute atomic E-state index is 12.3. The smallest absolute Gasteiger partial charge is 0.237 e. The fourth-order valence-corrected chi connectivity index (χ4v) is 2.90. The van der Waals surface area contributed by atoms with E-state index in [1.807, 2.05) is 7.05 Å². The number of nitrogens with one attached hydrogen (secondary N) is 1. The largest absolute Gasteiger partial charge is 0.355 e. The summed E-state index contributed by atoms with van der Waals surface area (Å²) < 4.78 is 0. The molecule has 116 valence electrons. The van der Waals surface area contributed by atoms with Crippen molar-refractivity contribution in [1.82, 2.24) is 10.2 Å². The lowest BCUT2D eigenvalue weighted by Gasteiger charge is -2.33. The normalized spacial score (nSPS) is 18.3. The van der Waals surface area contributed by atoms with E-state index >= 15 is 0 Å². The molecule has 4 nitrogen and oxygen atoms in total. The van der Waals surface area contributed by atoms with Crippen LogP contribution in [-0.4, -0.2) is 37.0 Å². The van der Waals surface area contributed by atoms with Crippen LogP contribution in [0, 0.1) is 0 Å². The van der Waals surface area contributed by atoms with E-state index in [2.05, 4.69) is 34.5 Å². The van der Waals surface area contributed by atoms with E-state index in [4.69, 9.17) is 5.73 Å². The first-order chi connectivity index (χ1) is 10.2. The molecule has 0 fully saturated rings.